The van der Waals surface area contributed by atoms with Crippen LogP contribution in [0.3, 0.4) is 0 Å². The van der Waals surface area contributed by atoms with Crippen molar-refractivity contribution in [1.82, 2.24) is 5.06 Å². The number of carbonyl (C=O) groups is 1. The van der Waals surface area contributed by atoms with E-state index in [0.717, 1.165) is 16.7 Å². The largest absolute Gasteiger partial charge is 0.331 e. The lowest BCUT2D eigenvalue weighted by molar-refractivity contribution is -0.177. The van der Waals surface area contributed by atoms with Gasteiger partial charge in [0.05, 0.1) is 19.4 Å². The number of rotatable bonds is 14. The van der Waals surface area contributed by atoms with Crippen LogP contribution in [0.1, 0.15) is 23.1 Å². The number of amides is 1. The Hall–Kier alpha value is -2.76. The SMILES string of the molecule is O=CN(CCCP(=O)(OCc1ccccc1)OCc1ccccc1)OCc1ccccc1. The topological polar surface area (TPSA) is 65.1 Å². The zero-order chi connectivity index (χ0) is 22.5. The summed E-state index contributed by atoms with van der Waals surface area (Å²) in [5.74, 6) is 0. The van der Waals surface area contributed by atoms with Gasteiger partial charge in [0.15, 0.2) is 0 Å². The van der Waals surface area contributed by atoms with Crippen LogP contribution in [0.25, 0.3) is 0 Å². The van der Waals surface area contributed by atoms with Gasteiger partial charge in [0.2, 0.25) is 6.41 Å². The lowest BCUT2D eigenvalue weighted by Crippen LogP contribution is -2.24. The van der Waals surface area contributed by atoms with Gasteiger partial charge in [-0.15, -0.1) is 0 Å². The summed E-state index contributed by atoms with van der Waals surface area (Å²) in [5.41, 5.74) is 2.79. The van der Waals surface area contributed by atoms with E-state index in [9.17, 15) is 9.36 Å². The minimum atomic E-state index is -3.39. The molecule has 32 heavy (non-hydrogen) atoms. The molecule has 0 aliphatic heterocycles. The predicted molar refractivity (Wildman–Crippen MR) is 124 cm³/mol. The molecule has 0 N–H and O–H groups in total. The van der Waals surface area contributed by atoms with E-state index in [-0.39, 0.29) is 32.5 Å². The summed E-state index contributed by atoms with van der Waals surface area (Å²) in [4.78, 5) is 16.9. The summed E-state index contributed by atoms with van der Waals surface area (Å²) >= 11 is 0. The number of nitrogens with zero attached hydrogens (tertiary/aromatic N) is 1. The summed E-state index contributed by atoms with van der Waals surface area (Å²) in [5, 5.41) is 1.21. The Kier molecular flexibility index (Phi) is 9.66. The molecule has 0 fully saturated rings. The second kappa shape index (κ2) is 12.9. The van der Waals surface area contributed by atoms with Gasteiger partial charge >= 0.3 is 7.60 Å². The van der Waals surface area contributed by atoms with E-state index in [1.807, 2.05) is 91.0 Å². The third-order valence-electron chi connectivity index (χ3n) is 4.71. The summed E-state index contributed by atoms with van der Waals surface area (Å²) in [7, 11) is -3.39. The summed E-state index contributed by atoms with van der Waals surface area (Å²) in [6, 6.07) is 28.7. The summed E-state index contributed by atoms with van der Waals surface area (Å²) in [6.45, 7) is 0.944. The zero-order valence-corrected chi connectivity index (χ0v) is 18.8. The number of hydroxylamine groups is 2. The number of hydrogen-bond donors (Lipinski definition) is 0. The van der Waals surface area contributed by atoms with E-state index in [2.05, 4.69) is 0 Å². The van der Waals surface area contributed by atoms with Gasteiger partial charge in [-0.1, -0.05) is 91.0 Å². The number of benzene rings is 3. The van der Waals surface area contributed by atoms with Gasteiger partial charge in [-0.25, -0.2) is 5.06 Å². The molecule has 0 aliphatic carbocycles. The van der Waals surface area contributed by atoms with Gasteiger partial charge < -0.3 is 9.05 Å². The van der Waals surface area contributed by atoms with E-state index < -0.39 is 7.60 Å². The van der Waals surface area contributed by atoms with Crippen LogP contribution in [0.2, 0.25) is 0 Å². The van der Waals surface area contributed by atoms with Crippen molar-refractivity contribution in [3.63, 3.8) is 0 Å². The maximum Gasteiger partial charge on any atom is 0.331 e. The minimum Gasteiger partial charge on any atom is -0.304 e. The van der Waals surface area contributed by atoms with Crippen molar-refractivity contribution in [2.24, 2.45) is 0 Å². The van der Waals surface area contributed by atoms with Crippen LogP contribution in [0.4, 0.5) is 0 Å². The van der Waals surface area contributed by atoms with E-state index in [0.29, 0.717) is 12.8 Å². The smallest absolute Gasteiger partial charge is 0.304 e. The van der Waals surface area contributed by atoms with E-state index >= 15 is 0 Å². The average molecular weight is 453 g/mol. The first-order chi connectivity index (χ1) is 15.7. The normalized spacial score (nSPS) is 11.2. The minimum absolute atomic E-state index is 0.172. The highest BCUT2D eigenvalue weighted by Gasteiger charge is 2.25. The van der Waals surface area contributed by atoms with Crippen LogP contribution in [-0.4, -0.2) is 24.2 Å². The van der Waals surface area contributed by atoms with E-state index in [1.54, 1.807) is 0 Å². The second-order valence-electron chi connectivity index (χ2n) is 7.21. The molecular weight excluding hydrogens is 425 g/mol. The molecule has 1 amide bonds. The van der Waals surface area contributed by atoms with Crippen LogP contribution in [0, 0.1) is 0 Å². The van der Waals surface area contributed by atoms with Crippen LogP contribution in [0.5, 0.6) is 0 Å². The maximum atomic E-state index is 13.4. The summed E-state index contributed by atoms with van der Waals surface area (Å²) in [6.07, 6.45) is 1.21. The molecule has 0 heterocycles. The van der Waals surface area contributed by atoms with Gasteiger partial charge in [-0.2, -0.15) is 0 Å². The van der Waals surface area contributed by atoms with Crippen LogP contribution >= 0.6 is 7.60 Å². The van der Waals surface area contributed by atoms with Crippen molar-refractivity contribution < 1.29 is 23.2 Å². The third-order valence-corrected chi connectivity index (χ3v) is 6.62. The molecule has 7 heteroatoms. The van der Waals surface area contributed by atoms with Crippen LogP contribution < -0.4 is 0 Å². The highest BCUT2D eigenvalue weighted by atomic mass is 31.2. The quantitative estimate of drug-likeness (QED) is 0.181. The third kappa shape index (κ3) is 8.40. The Balaban J connectivity index is 1.54. The molecule has 0 atom stereocenters. The van der Waals surface area contributed by atoms with E-state index in [1.165, 1.54) is 5.06 Å². The molecule has 0 radical (unpaired) electrons. The maximum absolute atomic E-state index is 13.4. The second-order valence-corrected chi connectivity index (χ2v) is 9.40. The molecule has 0 bridgehead atoms. The molecule has 3 aromatic rings. The van der Waals surface area contributed by atoms with E-state index in [4.69, 9.17) is 13.9 Å². The number of carbonyl (C=O) groups excluding carboxylic acids is 1. The monoisotopic (exact) mass is 453 g/mol. The first-order valence-corrected chi connectivity index (χ1v) is 12.2. The van der Waals surface area contributed by atoms with Gasteiger partial charge in [0, 0.05) is 6.54 Å². The first-order valence-electron chi connectivity index (χ1n) is 10.5. The first kappa shape index (κ1) is 23.9. The van der Waals surface area contributed by atoms with Crippen molar-refractivity contribution in [3.8, 4) is 0 Å². The molecule has 0 aliphatic rings. The average Bonchev–Trinajstić information content (AvgIpc) is 2.86. The molecule has 0 unspecified atom stereocenters. The fraction of sp³-hybridized carbons (Fsp3) is 0.240. The molecule has 0 saturated heterocycles. The van der Waals surface area contributed by atoms with Gasteiger partial charge in [-0.3, -0.25) is 14.2 Å². The highest BCUT2D eigenvalue weighted by Crippen LogP contribution is 2.50. The Bertz CT molecular complexity index is 922. The Morgan fingerprint density at radius 3 is 1.56 bits per heavy atom. The van der Waals surface area contributed by atoms with Gasteiger partial charge in [0.1, 0.15) is 6.61 Å². The lowest BCUT2D eigenvalue weighted by Gasteiger charge is -2.21. The molecule has 3 rings (SSSR count). The van der Waals surface area contributed by atoms with Crippen molar-refractivity contribution >= 4 is 14.0 Å². The molecular formula is C25H28NO5P. The van der Waals surface area contributed by atoms with Crippen molar-refractivity contribution in [1.29, 1.82) is 0 Å². The van der Waals surface area contributed by atoms with Crippen LogP contribution in [0.15, 0.2) is 91.0 Å². The summed E-state index contributed by atoms with van der Waals surface area (Å²) < 4.78 is 25.0. The van der Waals surface area contributed by atoms with Gasteiger partial charge in [-0.05, 0) is 23.1 Å². The molecule has 3 aromatic carbocycles. The fourth-order valence-corrected chi connectivity index (χ4v) is 4.51. The molecule has 0 aromatic heterocycles. The highest BCUT2D eigenvalue weighted by molar-refractivity contribution is 7.53. The molecule has 0 spiro atoms. The molecule has 6 nitrogen and oxygen atoms in total. The molecule has 0 saturated carbocycles. The fourth-order valence-electron chi connectivity index (χ4n) is 2.96. The van der Waals surface area contributed by atoms with Crippen molar-refractivity contribution in [2.75, 3.05) is 12.7 Å². The zero-order valence-electron chi connectivity index (χ0n) is 17.9. The van der Waals surface area contributed by atoms with Crippen molar-refractivity contribution in [2.45, 2.75) is 26.2 Å². The van der Waals surface area contributed by atoms with Crippen LogP contribution in [-0.2, 0) is 43.1 Å². The Morgan fingerprint density at radius 2 is 1.12 bits per heavy atom. The standard InChI is InChI=1S/C25H28NO5P/c27-22-26(29-19-23-11-4-1-5-12-23)17-10-18-32(28,30-20-24-13-6-2-7-14-24)31-21-25-15-8-3-9-16-25/h1-9,11-16,22H,10,17-21H2. The van der Waals surface area contributed by atoms with Gasteiger partial charge in [0.25, 0.3) is 0 Å². The predicted octanol–water partition coefficient (Wildman–Crippen LogP) is 5.59. The molecule has 168 valence electrons. The lowest BCUT2D eigenvalue weighted by atomic mass is 10.2. The number of hydrogen-bond acceptors (Lipinski definition) is 5. The Morgan fingerprint density at radius 1 is 0.688 bits per heavy atom. The van der Waals surface area contributed by atoms with Crippen molar-refractivity contribution in [3.05, 3.63) is 108 Å². The Labute approximate surface area is 189 Å².